The smallest absolute Gasteiger partial charge is 0.253 e. The van der Waals surface area contributed by atoms with Gasteiger partial charge < -0.3 is 40.6 Å². The Morgan fingerprint density at radius 3 is 2.18 bits per heavy atom. The SMILES string of the molecule is CC(=O)NCCOCCOCCCC(=O)CCCOCCOCCN1CCN(c2cccc(-c3nc(N=C(N)N)nc4ccc(Cl)cc34)c2)CC1. The average Bonchev–Trinajstić information content (AvgIpc) is 3.11. The highest BCUT2D eigenvalue weighted by molar-refractivity contribution is 6.31. The van der Waals surface area contributed by atoms with E-state index in [1.54, 1.807) is 6.07 Å². The van der Waals surface area contributed by atoms with Gasteiger partial charge in [-0.3, -0.25) is 14.5 Å². The fourth-order valence-electron chi connectivity index (χ4n) is 5.56. The van der Waals surface area contributed by atoms with Gasteiger partial charge in [-0.25, -0.2) is 9.97 Å². The summed E-state index contributed by atoms with van der Waals surface area (Å²) in [5.41, 5.74) is 14.7. The summed E-state index contributed by atoms with van der Waals surface area (Å²) >= 11 is 6.32. The molecule has 0 saturated carbocycles. The largest absolute Gasteiger partial charge is 0.379 e. The molecular weight excluding hydrogens is 676 g/mol. The van der Waals surface area contributed by atoms with Crippen molar-refractivity contribution >= 4 is 51.8 Å². The number of hydrogen-bond acceptors (Lipinski definition) is 11. The van der Waals surface area contributed by atoms with Crippen LogP contribution in [0.25, 0.3) is 22.2 Å². The molecule has 51 heavy (non-hydrogen) atoms. The number of nitrogens with two attached hydrogens (primary N) is 2. The monoisotopic (exact) mass is 726 g/mol. The number of nitrogens with one attached hydrogen (secondary N) is 1. The zero-order chi connectivity index (χ0) is 36.3. The lowest BCUT2D eigenvalue weighted by Gasteiger charge is -2.36. The van der Waals surface area contributed by atoms with Gasteiger partial charge >= 0.3 is 0 Å². The summed E-state index contributed by atoms with van der Waals surface area (Å²) in [5.74, 6) is 0.247. The third kappa shape index (κ3) is 14.7. The first-order valence-corrected chi connectivity index (χ1v) is 17.9. The maximum absolute atomic E-state index is 12.1. The summed E-state index contributed by atoms with van der Waals surface area (Å²) in [7, 11) is 0. The van der Waals surface area contributed by atoms with Crippen LogP contribution in [0.2, 0.25) is 5.02 Å². The Bertz CT molecular complexity index is 1570. The van der Waals surface area contributed by atoms with E-state index in [9.17, 15) is 9.59 Å². The van der Waals surface area contributed by atoms with E-state index in [1.165, 1.54) is 6.92 Å². The Balaban J connectivity index is 1.05. The van der Waals surface area contributed by atoms with Gasteiger partial charge in [-0.2, -0.15) is 4.99 Å². The van der Waals surface area contributed by atoms with Crippen molar-refractivity contribution in [2.24, 2.45) is 16.5 Å². The summed E-state index contributed by atoms with van der Waals surface area (Å²) in [6.45, 7) is 10.6. The van der Waals surface area contributed by atoms with Crippen LogP contribution in [0.15, 0.2) is 47.5 Å². The van der Waals surface area contributed by atoms with E-state index in [4.69, 9.17) is 42.0 Å². The number of carbonyl (C=O) groups excluding carboxylic acids is 2. The molecule has 278 valence electrons. The fourth-order valence-corrected chi connectivity index (χ4v) is 5.73. The topological polar surface area (TPSA) is 180 Å². The summed E-state index contributed by atoms with van der Waals surface area (Å²) < 4.78 is 22.3. The van der Waals surface area contributed by atoms with Crippen LogP contribution in [0.3, 0.4) is 0 Å². The Labute approximate surface area is 304 Å². The summed E-state index contributed by atoms with van der Waals surface area (Å²) in [5, 5.41) is 4.08. The number of ketones is 1. The maximum atomic E-state index is 12.1. The van der Waals surface area contributed by atoms with Gasteiger partial charge in [0.05, 0.1) is 50.9 Å². The van der Waals surface area contributed by atoms with Crippen molar-refractivity contribution in [3.63, 3.8) is 0 Å². The van der Waals surface area contributed by atoms with Crippen LogP contribution in [0.4, 0.5) is 11.6 Å². The van der Waals surface area contributed by atoms with Crippen LogP contribution in [-0.2, 0) is 28.5 Å². The molecule has 3 aromatic rings. The maximum Gasteiger partial charge on any atom is 0.253 e. The zero-order valence-corrected chi connectivity index (χ0v) is 30.2. The number of aliphatic imine (C=N–C) groups is 1. The van der Waals surface area contributed by atoms with Crippen molar-refractivity contribution in [1.82, 2.24) is 20.2 Å². The van der Waals surface area contributed by atoms with Crippen LogP contribution < -0.4 is 21.7 Å². The Kier molecular flexibility index (Phi) is 17.3. The number of fused-ring (bicyclic) bond motifs is 1. The predicted octanol–water partition coefficient (Wildman–Crippen LogP) is 3.31. The van der Waals surface area contributed by atoms with E-state index >= 15 is 0 Å². The molecule has 2 aromatic carbocycles. The second-order valence-electron chi connectivity index (χ2n) is 12.1. The number of Topliss-reactive ketones (excluding diaryl/α,β-unsaturated/α-hetero) is 1. The second kappa shape index (κ2) is 22.1. The molecule has 1 saturated heterocycles. The van der Waals surface area contributed by atoms with Gasteiger partial charge in [-0.05, 0) is 43.2 Å². The molecule has 1 aromatic heterocycles. The number of amides is 1. The first kappa shape index (κ1) is 39.9. The number of aromatic nitrogens is 2. The minimum absolute atomic E-state index is 0.0707. The third-order valence-electron chi connectivity index (χ3n) is 8.14. The molecule has 4 rings (SSSR count). The van der Waals surface area contributed by atoms with E-state index < -0.39 is 0 Å². The number of guanidine groups is 1. The molecule has 1 amide bonds. The third-order valence-corrected chi connectivity index (χ3v) is 8.37. The number of benzene rings is 2. The minimum atomic E-state index is -0.105. The molecular formula is C36H51ClN8O6. The standard InChI is InChI=1S/C36H51ClN8O6/c1-27(46)40-11-19-50-23-21-48-17-3-7-31(47)8-4-18-49-22-24-51-20-16-44-12-14-45(15-13-44)30-6-2-5-28(25-30)34-32-26-29(37)9-10-33(32)41-36(42-34)43-35(38)39/h2,5-6,9-10,25-26H,3-4,7-8,11-24H2,1H3,(H,40,46)(H4,38,39,41,42,43). The van der Waals surface area contributed by atoms with Gasteiger partial charge in [0.15, 0.2) is 5.96 Å². The number of rotatable bonds is 23. The highest BCUT2D eigenvalue weighted by atomic mass is 35.5. The van der Waals surface area contributed by atoms with E-state index in [0.717, 1.165) is 49.4 Å². The van der Waals surface area contributed by atoms with Crippen molar-refractivity contribution in [2.45, 2.75) is 32.6 Å². The Morgan fingerprint density at radius 2 is 1.51 bits per heavy atom. The number of piperazine rings is 1. The van der Waals surface area contributed by atoms with Crippen LogP contribution in [0.5, 0.6) is 0 Å². The van der Waals surface area contributed by atoms with Crippen LogP contribution >= 0.6 is 11.6 Å². The molecule has 0 atom stereocenters. The quantitative estimate of drug-likeness (QED) is 0.0739. The number of halogens is 1. The first-order valence-electron chi connectivity index (χ1n) is 17.5. The molecule has 2 heterocycles. The molecule has 0 spiro atoms. The van der Waals surface area contributed by atoms with Crippen LogP contribution in [0, 0.1) is 0 Å². The molecule has 1 fully saturated rings. The molecule has 5 N–H and O–H groups in total. The van der Waals surface area contributed by atoms with E-state index in [1.807, 2.05) is 24.3 Å². The number of carbonyl (C=O) groups is 2. The van der Waals surface area contributed by atoms with E-state index in [0.29, 0.717) is 101 Å². The van der Waals surface area contributed by atoms with E-state index in [2.05, 4.69) is 42.2 Å². The molecule has 0 radical (unpaired) electrons. The molecule has 1 aliphatic heterocycles. The first-order chi connectivity index (χ1) is 24.8. The highest BCUT2D eigenvalue weighted by Crippen LogP contribution is 2.32. The van der Waals surface area contributed by atoms with Crippen LogP contribution in [0.1, 0.15) is 32.6 Å². The van der Waals surface area contributed by atoms with Gasteiger partial charge in [-0.1, -0.05) is 23.7 Å². The lowest BCUT2D eigenvalue weighted by atomic mass is 10.1. The minimum Gasteiger partial charge on any atom is -0.379 e. The average molecular weight is 727 g/mol. The number of anilines is 1. The van der Waals surface area contributed by atoms with E-state index in [-0.39, 0.29) is 23.6 Å². The van der Waals surface area contributed by atoms with Crippen molar-refractivity contribution in [3.05, 3.63) is 47.5 Å². The summed E-state index contributed by atoms with van der Waals surface area (Å²) in [6, 6.07) is 13.8. The van der Waals surface area contributed by atoms with Gasteiger partial charge in [0.2, 0.25) is 5.91 Å². The fraction of sp³-hybridized carbons (Fsp3) is 0.528. The molecule has 0 bridgehead atoms. The van der Waals surface area contributed by atoms with Crippen LogP contribution in [-0.4, -0.2) is 125 Å². The lowest BCUT2D eigenvalue weighted by molar-refractivity contribution is -0.120. The molecule has 14 nitrogen and oxygen atoms in total. The molecule has 0 unspecified atom stereocenters. The summed E-state index contributed by atoms with van der Waals surface area (Å²) in [6.07, 6.45) is 2.42. The van der Waals surface area contributed by atoms with Crippen molar-refractivity contribution in [2.75, 3.05) is 97.0 Å². The Hall–Kier alpha value is -3.92. The normalized spacial score (nSPS) is 13.4. The second-order valence-corrected chi connectivity index (χ2v) is 12.6. The van der Waals surface area contributed by atoms with Crippen molar-refractivity contribution < 1.29 is 28.5 Å². The van der Waals surface area contributed by atoms with Crippen molar-refractivity contribution in [1.29, 1.82) is 0 Å². The number of hydrogen-bond donors (Lipinski definition) is 3. The van der Waals surface area contributed by atoms with Gasteiger partial charge in [0.1, 0.15) is 5.78 Å². The van der Waals surface area contributed by atoms with Gasteiger partial charge in [0.25, 0.3) is 5.95 Å². The molecule has 1 aliphatic rings. The summed E-state index contributed by atoms with van der Waals surface area (Å²) in [4.78, 5) is 40.8. The van der Waals surface area contributed by atoms with Gasteiger partial charge in [-0.15, -0.1) is 0 Å². The predicted molar refractivity (Wildman–Crippen MR) is 200 cm³/mol. The Morgan fingerprint density at radius 1 is 0.843 bits per heavy atom. The number of nitrogens with zero attached hydrogens (tertiary/aromatic N) is 5. The lowest BCUT2D eigenvalue weighted by Crippen LogP contribution is -2.47. The van der Waals surface area contributed by atoms with Gasteiger partial charge in [0, 0.05) is 93.9 Å². The van der Waals surface area contributed by atoms with Crippen molar-refractivity contribution in [3.8, 4) is 11.3 Å². The molecule has 0 aliphatic carbocycles. The number of ether oxygens (including phenoxy) is 4. The zero-order valence-electron chi connectivity index (χ0n) is 29.5. The highest BCUT2D eigenvalue weighted by Gasteiger charge is 2.18. The molecule has 15 heteroatoms.